The first kappa shape index (κ1) is 19.0. The number of aromatic nitrogens is 2. The molecule has 0 saturated carbocycles. The molecule has 27 heavy (non-hydrogen) atoms. The Morgan fingerprint density at radius 1 is 1.30 bits per heavy atom. The van der Waals surface area contributed by atoms with E-state index in [0.29, 0.717) is 30.5 Å². The molecule has 0 unspecified atom stereocenters. The predicted octanol–water partition coefficient (Wildman–Crippen LogP) is 3.67. The molecule has 0 amide bonds. The summed E-state index contributed by atoms with van der Waals surface area (Å²) in [7, 11) is 1.60. The van der Waals surface area contributed by atoms with E-state index in [1.807, 2.05) is 0 Å². The van der Waals surface area contributed by atoms with Gasteiger partial charge in [0, 0.05) is 25.8 Å². The molecule has 1 N–H and O–H groups in total. The Balaban J connectivity index is 1.95. The van der Waals surface area contributed by atoms with Crippen LogP contribution in [0.2, 0.25) is 5.02 Å². The summed E-state index contributed by atoms with van der Waals surface area (Å²) in [6, 6.07) is 11.4. The summed E-state index contributed by atoms with van der Waals surface area (Å²) in [5, 5.41) is 4.77. The zero-order valence-electron chi connectivity index (χ0n) is 14.7. The molecule has 1 aromatic heterocycles. The van der Waals surface area contributed by atoms with Crippen molar-refractivity contribution in [3.8, 4) is 0 Å². The van der Waals surface area contributed by atoms with E-state index in [1.54, 1.807) is 37.4 Å². The van der Waals surface area contributed by atoms with Gasteiger partial charge in [-0.1, -0.05) is 29.8 Å². The Morgan fingerprint density at radius 3 is 2.89 bits per heavy atom. The van der Waals surface area contributed by atoms with Crippen molar-refractivity contribution in [3.63, 3.8) is 0 Å². The fourth-order valence-corrected chi connectivity index (χ4v) is 2.83. The largest absolute Gasteiger partial charge is 0.385 e. The molecule has 0 aliphatic carbocycles. The highest BCUT2D eigenvalue weighted by Gasteiger charge is 2.10. The first-order chi connectivity index (χ1) is 13.1. The van der Waals surface area contributed by atoms with Crippen molar-refractivity contribution in [1.29, 1.82) is 0 Å². The Bertz CT molecular complexity index is 1020. The minimum absolute atomic E-state index is 0.153. The van der Waals surface area contributed by atoms with Gasteiger partial charge in [0.05, 0.1) is 22.1 Å². The number of hydrazone groups is 1. The summed E-state index contributed by atoms with van der Waals surface area (Å²) in [6.45, 7) is 0.912. The second kappa shape index (κ2) is 8.75. The number of benzene rings is 2. The number of hydrogen-bond acceptors (Lipinski definition) is 5. The molecule has 140 valence electrons. The van der Waals surface area contributed by atoms with Gasteiger partial charge in [-0.15, -0.1) is 0 Å². The molecule has 0 bridgehead atoms. The summed E-state index contributed by atoms with van der Waals surface area (Å²) in [5.74, 6) is -0.226. The second-order valence-electron chi connectivity index (χ2n) is 5.76. The van der Waals surface area contributed by atoms with Crippen molar-refractivity contribution in [3.05, 3.63) is 69.2 Å². The molecule has 3 rings (SSSR count). The summed E-state index contributed by atoms with van der Waals surface area (Å²) < 4.78 is 20.4. The molecule has 0 saturated heterocycles. The molecule has 0 atom stereocenters. The molecule has 0 spiro atoms. The molecule has 0 aliphatic rings. The van der Waals surface area contributed by atoms with Crippen LogP contribution in [-0.4, -0.2) is 29.5 Å². The molecule has 0 fully saturated rings. The maximum Gasteiger partial charge on any atom is 0.262 e. The molecule has 1 heterocycles. The number of ether oxygens (including phenoxy) is 1. The zero-order valence-corrected chi connectivity index (χ0v) is 15.4. The zero-order chi connectivity index (χ0) is 19.2. The van der Waals surface area contributed by atoms with Gasteiger partial charge in [-0.3, -0.25) is 9.36 Å². The number of para-hydroxylation sites is 1. The van der Waals surface area contributed by atoms with Crippen molar-refractivity contribution < 1.29 is 9.13 Å². The highest BCUT2D eigenvalue weighted by Crippen LogP contribution is 2.17. The highest BCUT2D eigenvalue weighted by molar-refractivity contribution is 6.33. The van der Waals surface area contributed by atoms with Crippen LogP contribution in [0.5, 0.6) is 0 Å². The number of hydrogen-bond donors (Lipinski definition) is 1. The first-order valence-corrected chi connectivity index (χ1v) is 8.71. The van der Waals surface area contributed by atoms with Gasteiger partial charge in [-0.2, -0.15) is 5.10 Å². The van der Waals surface area contributed by atoms with Gasteiger partial charge in [-0.25, -0.2) is 14.8 Å². The molecular formula is C19H18ClFN4O2. The lowest BCUT2D eigenvalue weighted by Gasteiger charge is -2.12. The number of nitrogens with zero attached hydrogens (tertiary/aromatic N) is 3. The van der Waals surface area contributed by atoms with Crippen LogP contribution in [0.4, 0.5) is 10.3 Å². The van der Waals surface area contributed by atoms with Crippen LogP contribution in [0.3, 0.4) is 0 Å². The highest BCUT2D eigenvalue weighted by atomic mass is 35.5. The first-order valence-electron chi connectivity index (χ1n) is 8.33. The standard InChI is InChI=1S/C19H18ClFN4O2/c1-27-11-5-10-25-18(26)13-6-2-3-9-17(13)23-19(25)24-22-12-14-15(20)7-4-8-16(14)21/h2-4,6-9,12H,5,10-11H2,1H3,(H,23,24)/b22-12-. The monoisotopic (exact) mass is 388 g/mol. The van der Waals surface area contributed by atoms with E-state index < -0.39 is 5.82 Å². The fraction of sp³-hybridized carbons (Fsp3) is 0.211. The minimum atomic E-state index is -0.489. The number of fused-ring (bicyclic) bond motifs is 1. The van der Waals surface area contributed by atoms with E-state index in [2.05, 4.69) is 15.5 Å². The number of methoxy groups -OCH3 is 1. The maximum absolute atomic E-state index is 13.8. The summed E-state index contributed by atoms with van der Waals surface area (Å²) in [4.78, 5) is 17.3. The predicted molar refractivity (Wildman–Crippen MR) is 105 cm³/mol. The van der Waals surface area contributed by atoms with E-state index in [1.165, 1.54) is 22.9 Å². The van der Waals surface area contributed by atoms with Crippen LogP contribution in [0, 0.1) is 5.82 Å². The van der Waals surface area contributed by atoms with Crippen LogP contribution in [-0.2, 0) is 11.3 Å². The third-order valence-corrected chi connectivity index (χ3v) is 4.28. The lowest BCUT2D eigenvalue weighted by molar-refractivity contribution is 0.190. The molecule has 8 heteroatoms. The normalized spacial score (nSPS) is 11.4. The quantitative estimate of drug-likeness (QED) is 0.381. The van der Waals surface area contributed by atoms with Crippen molar-refractivity contribution >= 4 is 34.7 Å². The lowest BCUT2D eigenvalue weighted by Crippen LogP contribution is -2.25. The smallest absolute Gasteiger partial charge is 0.262 e. The average Bonchev–Trinajstić information content (AvgIpc) is 2.66. The van der Waals surface area contributed by atoms with E-state index in [0.717, 1.165) is 0 Å². The van der Waals surface area contributed by atoms with Crippen LogP contribution in [0.15, 0.2) is 52.4 Å². The van der Waals surface area contributed by atoms with Gasteiger partial charge < -0.3 is 4.74 Å². The summed E-state index contributed by atoms with van der Waals surface area (Å²) in [5.41, 5.74) is 3.25. The second-order valence-corrected chi connectivity index (χ2v) is 6.17. The third-order valence-electron chi connectivity index (χ3n) is 3.95. The lowest BCUT2D eigenvalue weighted by atomic mass is 10.2. The SMILES string of the molecule is COCCCn1c(N/N=C\c2c(F)cccc2Cl)nc2ccccc2c1=O. The van der Waals surface area contributed by atoms with E-state index in [9.17, 15) is 9.18 Å². The molecule has 2 aromatic carbocycles. The Kier molecular flexibility index (Phi) is 6.16. The number of halogens is 2. The van der Waals surface area contributed by atoms with E-state index in [4.69, 9.17) is 16.3 Å². The van der Waals surface area contributed by atoms with Gasteiger partial charge in [0.1, 0.15) is 5.82 Å². The van der Waals surface area contributed by atoms with Crippen LogP contribution >= 0.6 is 11.6 Å². The number of anilines is 1. The summed E-state index contributed by atoms with van der Waals surface area (Å²) >= 11 is 5.99. The van der Waals surface area contributed by atoms with Crippen molar-refractivity contribution in [2.45, 2.75) is 13.0 Å². The van der Waals surface area contributed by atoms with Crippen molar-refractivity contribution in [2.24, 2.45) is 5.10 Å². The molecular weight excluding hydrogens is 371 g/mol. The van der Waals surface area contributed by atoms with Crippen molar-refractivity contribution in [1.82, 2.24) is 9.55 Å². The van der Waals surface area contributed by atoms with Gasteiger partial charge >= 0.3 is 0 Å². The topological polar surface area (TPSA) is 68.5 Å². The summed E-state index contributed by atoms with van der Waals surface area (Å²) in [6.07, 6.45) is 1.90. The Hall–Kier alpha value is -2.77. The number of nitrogens with one attached hydrogen (secondary N) is 1. The Labute approximate surface area is 160 Å². The fourth-order valence-electron chi connectivity index (χ4n) is 2.62. The molecule has 0 radical (unpaired) electrons. The van der Waals surface area contributed by atoms with Gasteiger partial charge in [0.15, 0.2) is 0 Å². The van der Waals surface area contributed by atoms with Crippen LogP contribution < -0.4 is 11.0 Å². The van der Waals surface area contributed by atoms with Crippen LogP contribution in [0.1, 0.15) is 12.0 Å². The van der Waals surface area contributed by atoms with Gasteiger partial charge in [0.2, 0.25) is 5.95 Å². The third kappa shape index (κ3) is 4.32. The van der Waals surface area contributed by atoms with Crippen LogP contribution in [0.25, 0.3) is 10.9 Å². The van der Waals surface area contributed by atoms with E-state index in [-0.39, 0.29) is 22.1 Å². The maximum atomic E-state index is 13.8. The van der Waals surface area contributed by atoms with E-state index >= 15 is 0 Å². The van der Waals surface area contributed by atoms with Gasteiger partial charge in [-0.05, 0) is 30.7 Å². The molecule has 3 aromatic rings. The van der Waals surface area contributed by atoms with Crippen molar-refractivity contribution in [2.75, 3.05) is 19.1 Å². The minimum Gasteiger partial charge on any atom is -0.385 e. The molecule has 0 aliphatic heterocycles. The average molecular weight is 389 g/mol. The van der Waals surface area contributed by atoms with Gasteiger partial charge in [0.25, 0.3) is 5.56 Å². The number of rotatable bonds is 7. The Morgan fingerprint density at radius 2 is 2.11 bits per heavy atom. The molecule has 6 nitrogen and oxygen atoms in total.